The van der Waals surface area contributed by atoms with Gasteiger partial charge >= 0.3 is 5.97 Å². The number of nitrogens with zero attached hydrogens (tertiary/aromatic N) is 2. The highest BCUT2D eigenvalue weighted by Crippen LogP contribution is 2.14. The van der Waals surface area contributed by atoms with Gasteiger partial charge in [0.1, 0.15) is 11.5 Å². The maximum Gasteiger partial charge on any atom is 0.352 e. The second kappa shape index (κ2) is 6.70. The Bertz CT molecular complexity index is 860. The highest BCUT2D eigenvalue weighted by molar-refractivity contribution is 6.36. The first-order valence-corrected chi connectivity index (χ1v) is 7.18. The van der Waals surface area contributed by atoms with Crippen molar-refractivity contribution in [2.24, 2.45) is 5.10 Å². The molecular weight excluding hydrogens is 290 g/mol. The van der Waals surface area contributed by atoms with E-state index >= 15 is 0 Å². The molecule has 0 aliphatic heterocycles. The Morgan fingerprint density at radius 1 is 1.00 bits per heavy atom. The summed E-state index contributed by atoms with van der Waals surface area (Å²) in [6.07, 6.45) is 0.247. The Labute approximate surface area is 133 Å². The van der Waals surface area contributed by atoms with Gasteiger partial charge in [-0.25, -0.2) is 9.78 Å². The van der Waals surface area contributed by atoms with Crippen LogP contribution in [0.3, 0.4) is 0 Å². The van der Waals surface area contributed by atoms with Gasteiger partial charge in [0.25, 0.3) is 0 Å². The van der Waals surface area contributed by atoms with Crippen LogP contribution in [-0.4, -0.2) is 21.8 Å². The van der Waals surface area contributed by atoms with Crippen LogP contribution >= 0.6 is 0 Å². The number of pyridine rings is 1. The van der Waals surface area contributed by atoms with Crippen LogP contribution in [0.5, 0.6) is 0 Å². The lowest BCUT2D eigenvalue weighted by atomic mass is 10.1. The van der Waals surface area contributed by atoms with Gasteiger partial charge in [-0.15, -0.1) is 0 Å². The molecule has 0 radical (unpaired) electrons. The van der Waals surface area contributed by atoms with Crippen LogP contribution in [0.4, 0.5) is 5.82 Å². The second-order valence-electron chi connectivity index (χ2n) is 5.03. The Balaban J connectivity index is 1.80. The van der Waals surface area contributed by atoms with Crippen molar-refractivity contribution in [3.63, 3.8) is 0 Å². The topological polar surface area (TPSA) is 74.6 Å². The summed E-state index contributed by atoms with van der Waals surface area (Å²) < 4.78 is 0. The van der Waals surface area contributed by atoms with Crippen molar-refractivity contribution in [2.75, 3.05) is 5.43 Å². The fourth-order valence-corrected chi connectivity index (χ4v) is 2.21. The number of carbonyl (C=O) groups is 1. The van der Waals surface area contributed by atoms with E-state index in [0.29, 0.717) is 5.82 Å². The monoisotopic (exact) mass is 305 g/mol. The fourth-order valence-electron chi connectivity index (χ4n) is 2.21. The van der Waals surface area contributed by atoms with Crippen molar-refractivity contribution >= 4 is 28.4 Å². The standard InChI is InChI=1S/C18H15N3O2/c22-18(23)16(12-13-6-2-1-3-7-13)20-21-17-11-10-14-8-4-5-9-15(14)19-17/h1-11H,12H2,(H,19,21)(H,22,23). The maximum absolute atomic E-state index is 11.3. The third-order valence-corrected chi connectivity index (χ3v) is 3.37. The number of hydrazone groups is 1. The minimum absolute atomic E-state index is 0.0335. The van der Waals surface area contributed by atoms with Crippen molar-refractivity contribution in [2.45, 2.75) is 6.42 Å². The molecule has 5 heteroatoms. The number of anilines is 1. The predicted molar refractivity (Wildman–Crippen MR) is 90.6 cm³/mol. The normalized spacial score (nSPS) is 11.4. The highest BCUT2D eigenvalue weighted by atomic mass is 16.4. The number of aromatic nitrogens is 1. The van der Waals surface area contributed by atoms with Crippen molar-refractivity contribution < 1.29 is 9.90 Å². The lowest BCUT2D eigenvalue weighted by Gasteiger charge is -2.05. The smallest absolute Gasteiger partial charge is 0.352 e. The van der Waals surface area contributed by atoms with Crippen LogP contribution < -0.4 is 5.43 Å². The molecule has 0 aliphatic rings. The Morgan fingerprint density at radius 3 is 2.52 bits per heavy atom. The number of hydrogen-bond donors (Lipinski definition) is 2. The van der Waals surface area contributed by atoms with Gasteiger partial charge in [-0.05, 0) is 23.8 Å². The number of benzene rings is 2. The summed E-state index contributed by atoms with van der Waals surface area (Å²) in [7, 11) is 0. The van der Waals surface area contributed by atoms with Crippen molar-refractivity contribution in [3.8, 4) is 0 Å². The zero-order valence-electron chi connectivity index (χ0n) is 12.3. The number of fused-ring (bicyclic) bond motifs is 1. The number of para-hydroxylation sites is 1. The minimum atomic E-state index is -1.05. The van der Waals surface area contributed by atoms with E-state index in [1.54, 1.807) is 6.07 Å². The number of rotatable bonds is 5. The van der Waals surface area contributed by atoms with Gasteiger partial charge in [-0.2, -0.15) is 5.10 Å². The number of hydrogen-bond acceptors (Lipinski definition) is 4. The van der Waals surface area contributed by atoms with Gasteiger partial charge in [0.2, 0.25) is 0 Å². The average Bonchev–Trinajstić information content (AvgIpc) is 2.59. The zero-order chi connectivity index (χ0) is 16.1. The third-order valence-electron chi connectivity index (χ3n) is 3.37. The first-order chi connectivity index (χ1) is 11.2. The van der Waals surface area contributed by atoms with E-state index in [1.807, 2.05) is 60.7 Å². The third kappa shape index (κ3) is 3.71. The summed E-state index contributed by atoms with van der Waals surface area (Å²) in [5, 5.41) is 14.3. The molecule has 1 aromatic heterocycles. The van der Waals surface area contributed by atoms with Crippen LogP contribution in [0, 0.1) is 0 Å². The fraction of sp³-hybridized carbons (Fsp3) is 0.0556. The number of carboxylic acids is 1. The molecule has 0 unspecified atom stereocenters. The molecule has 2 N–H and O–H groups in total. The molecule has 3 aromatic rings. The molecule has 0 atom stereocenters. The molecule has 5 nitrogen and oxygen atoms in total. The quantitative estimate of drug-likeness (QED) is 0.560. The SMILES string of the molecule is O=C(O)C(Cc1ccccc1)=NNc1ccc2ccccc2n1. The van der Waals surface area contributed by atoms with Gasteiger partial charge < -0.3 is 5.11 Å². The van der Waals surface area contributed by atoms with Gasteiger partial charge in [0.15, 0.2) is 0 Å². The Morgan fingerprint density at radius 2 is 1.74 bits per heavy atom. The van der Waals surface area contributed by atoms with Crippen molar-refractivity contribution in [3.05, 3.63) is 72.3 Å². The molecule has 2 aromatic carbocycles. The molecule has 0 amide bonds. The molecular formula is C18H15N3O2. The second-order valence-corrected chi connectivity index (χ2v) is 5.03. The summed E-state index contributed by atoms with van der Waals surface area (Å²) in [6, 6.07) is 20.8. The largest absolute Gasteiger partial charge is 0.477 e. The summed E-state index contributed by atoms with van der Waals surface area (Å²) in [5.41, 5.74) is 4.49. The van der Waals surface area contributed by atoms with E-state index in [9.17, 15) is 9.90 Å². The van der Waals surface area contributed by atoms with Crippen LogP contribution in [0.15, 0.2) is 71.8 Å². The van der Waals surface area contributed by atoms with Crippen molar-refractivity contribution in [1.82, 2.24) is 4.98 Å². The average molecular weight is 305 g/mol. The number of nitrogens with one attached hydrogen (secondary N) is 1. The molecule has 114 valence electrons. The van der Waals surface area contributed by atoms with Gasteiger partial charge in [-0.1, -0.05) is 48.5 Å². The molecule has 0 spiro atoms. The Kier molecular flexibility index (Phi) is 4.29. The van der Waals surface area contributed by atoms with Gasteiger partial charge in [0, 0.05) is 11.8 Å². The van der Waals surface area contributed by atoms with E-state index in [0.717, 1.165) is 16.5 Å². The summed E-state index contributed by atoms with van der Waals surface area (Å²) in [6.45, 7) is 0. The van der Waals surface area contributed by atoms with E-state index in [2.05, 4.69) is 15.5 Å². The van der Waals surface area contributed by atoms with E-state index < -0.39 is 5.97 Å². The number of aliphatic carboxylic acids is 1. The maximum atomic E-state index is 11.3. The zero-order valence-corrected chi connectivity index (χ0v) is 12.3. The van der Waals surface area contributed by atoms with Gasteiger partial charge in [-0.3, -0.25) is 5.43 Å². The van der Waals surface area contributed by atoms with Crippen molar-refractivity contribution in [1.29, 1.82) is 0 Å². The minimum Gasteiger partial charge on any atom is -0.477 e. The summed E-state index contributed by atoms with van der Waals surface area (Å²) in [5.74, 6) is -0.544. The predicted octanol–water partition coefficient (Wildman–Crippen LogP) is 3.33. The van der Waals surface area contributed by atoms with E-state index in [4.69, 9.17) is 0 Å². The summed E-state index contributed by atoms with van der Waals surface area (Å²) in [4.78, 5) is 15.7. The molecule has 3 rings (SSSR count). The molecule has 0 bridgehead atoms. The highest BCUT2D eigenvalue weighted by Gasteiger charge is 2.10. The number of carboxylic acid groups (broad SMARTS) is 1. The lowest BCUT2D eigenvalue weighted by molar-refractivity contribution is -0.129. The summed E-state index contributed by atoms with van der Waals surface area (Å²) >= 11 is 0. The molecule has 1 heterocycles. The molecule has 0 saturated carbocycles. The Hall–Kier alpha value is -3.21. The molecule has 0 saturated heterocycles. The molecule has 0 aliphatic carbocycles. The van der Waals surface area contributed by atoms with Crippen LogP contribution in [-0.2, 0) is 11.2 Å². The van der Waals surface area contributed by atoms with Crippen LogP contribution in [0.1, 0.15) is 5.56 Å². The van der Waals surface area contributed by atoms with E-state index in [1.165, 1.54) is 0 Å². The molecule has 23 heavy (non-hydrogen) atoms. The lowest BCUT2D eigenvalue weighted by Crippen LogP contribution is -2.17. The van der Waals surface area contributed by atoms with Crippen LogP contribution in [0.25, 0.3) is 10.9 Å². The first kappa shape index (κ1) is 14.7. The van der Waals surface area contributed by atoms with Gasteiger partial charge in [0.05, 0.1) is 5.52 Å². The first-order valence-electron chi connectivity index (χ1n) is 7.18. The van der Waals surface area contributed by atoms with Crippen LogP contribution in [0.2, 0.25) is 0 Å². The van der Waals surface area contributed by atoms with E-state index in [-0.39, 0.29) is 12.1 Å². The molecule has 0 fully saturated rings.